The zero-order chi connectivity index (χ0) is 23.0. The smallest absolute Gasteiger partial charge is 0.397 e. The molecule has 0 heterocycles. The number of rotatable bonds is 7. The average Bonchev–Trinajstić information content (AvgIpc) is 2.63. The molecule has 0 aromatic heterocycles. The first-order chi connectivity index (χ1) is 14.4. The summed E-state index contributed by atoms with van der Waals surface area (Å²) >= 11 is 0. The maximum atomic E-state index is 12.4. The lowest BCUT2D eigenvalue weighted by molar-refractivity contribution is 0.284. The molecule has 0 atom stereocenters. The van der Waals surface area contributed by atoms with E-state index in [4.69, 9.17) is 10.3 Å². The largest absolute Gasteiger partial charge is 0.507 e. The number of anilines is 3. The Bertz CT molecular complexity index is 1370. The van der Waals surface area contributed by atoms with Gasteiger partial charge in [-0.05, 0) is 48.2 Å². The highest BCUT2D eigenvalue weighted by Crippen LogP contribution is 2.38. The van der Waals surface area contributed by atoms with Gasteiger partial charge in [-0.15, -0.1) is 0 Å². The highest BCUT2D eigenvalue weighted by atomic mass is 32.3. The van der Waals surface area contributed by atoms with Gasteiger partial charge in [-0.3, -0.25) is 4.55 Å². The number of aryl methyl sites for hydroxylation is 1. The molecule has 0 spiro atoms. The Morgan fingerprint density at radius 1 is 0.968 bits per heavy atom. The van der Waals surface area contributed by atoms with Crippen LogP contribution in [-0.2, 0) is 24.4 Å². The minimum Gasteiger partial charge on any atom is -0.507 e. The van der Waals surface area contributed by atoms with Crippen molar-refractivity contribution in [2.45, 2.75) is 11.8 Å². The number of fused-ring (bicyclic) bond motifs is 1. The molecule has 0 fully saturated rings. The third-order valence-corrected chi connectivity index (χ3v) is 6.60. The molecule has 0 radical (unpaired) electrons. The first kappa shape index (κ1) is 22.6. The van der Waals surface area contributed by atoms with E-state index >= 15 is 0 Å². The Morgan fingerprint density at radius 2 is 1.68 bits per heavy atom. The van der Waals surface area contributed by atoms with Crippen LogP contribution in [-0.4, -0.2) is 44.0 Å². The van der Waals surface area contributed by atoms with Crippen molar-refractivity contribution < 1.29 is 35.8 Å². The highest BCUT2D eigenvalue weighted by molar-refractivity contribution is 7.91. The number of sulfone groups is 1. The molecule has 0 aliphatic rings. The Morgan fingerprint density at radius 3 is 2.35 bits per heavy atom. The molecule has 0 saturated heterocycles. The fourth-order valence-corrected chi connectivity index (χ4v) is 4.56. The molecule has 0 aliphatic carbocycles. The SMILES string of the molecule is Cc1cc(O)c2c(N)c(Nc3cc(S(=O)(=O)CCOS(=O)(=O)O)ccc3O)ccc2c1. The van der Waals surface area contributed by atoms with Crippen molar-refractivity contribution in [2.75, 3.05) is 23.4 Å². The summed E-state index contributed by atoms with van der Waals surface area (Å²) in [5, 5.41) is 24.4. The van der Waals surface area contributed by atoms with Crippen molar-refractivity contribution in [3.8, 4) is 11.5 Å². The van der Waals surface area contributed by atoms with Gasteiger partial charge < -0.3 is 21.3 Å². The van der Waals surface area contributed by atoms with Gasteiger partial charge >= 0.3 is 10.4 Å². The Kier molecular flexibility index (Phi) is 6.00. The molecule has 0 bridgehead atoms. The summed E-state index contributed by atoms with van der Waals surface area (Å²) < 4.78 is 58.6. The van der Waals surface area contributed by atoms with Gasteiger partial charge in [0.05, 0.1) is 34.3 Å². The molecule has 166 valence electrons. The van der Waals surface area contributed by atoms with Crippen LogP contribution in [0, 0.1) is 6.92 Å². The first-order valence-electron chi connectivity index (χ1n) is 8.84. The molecule has 0 saturated carbocycles. The van der Waals surface area contributed by atoms with E-state index in [1.54, 1.807) is 18.2 Å². The Hall–Kier alpha value is -3.06. The lowest BCUT2D eigenvalue weighted by Gasteiger charge is -2.15. The van der Waals surface area contributed by atoms with Crippen molar-refractivity contribution in [1.82, 2.24) is 0 Å². The zero-order valence-corrected chi connectivity index (χ0v) is 17.9. The van der Waals surface area contributed by atoms with Crippen molar-refractivity contribution in [2.24, 2.45) is 0 Å². The van der Waals surface area contributed by atoms with Crippen LogP contribution in [0.3, 0.4) is 0 Å². The van der Waals surface area contributed by atoms with Crippen LogP contribution in [0.4, 0.5) is 17.1 Å². The van der Waals surface area contributed by atoms with Crippen molar-refractivity contribution >= 4 is 48.1 Å². The van der Waals surface area contributed by atoms with Gasteiger partial charge in [0.25, 0.3) is 0 Å². The number of nitrogens with two attached hydrogens (primary N) is 1. The van der Waals surface area contributed by atoms with Crippen molar-refractivity contribution in [1.29, 1.82) is 0 Å². The molecule has 31 heavy (non-hydrogen) atoms. The van der Waals surface area contributed by atoms with E-state index in [0.29, 0.717) is 16.5 Å². The van der Waals surface area contributed by atoms with Crippen LogP contribution < -0.4 is 11.1 Å². The lowest BCUT2D eigenvalue weighted by Crippen LogP contribution is -2.15. The summed E-state index contributed by atoms with van der Waals surface area (Å²) in [6.07, 6.45) is 0. The van der Waals surface area contributed by atoms with Gasteiger partial charge in [0.15, 0.2) is 9.84 Å². The fourth-order valence-electron chi connectivity index (χ4n) is 3.05. The Labute approximate surface area is 178 Å². The van der Waals surface area contributed by atoms with Gasteiger partial charge in [-0.25, -0.2) is 12.6 Å². The molecule has 0 amide bonds. The number of phenolic OH excluding ortho intramolecular Hbond substituents is 2. The van der Waals surface area contributed by atoms with E-state index in [0.717, 1.165) is 23.8 Å². The molecular weight excluding hydrogens is 448 g/mol. The van der Waals surface area contributed by atoms with Crippen LogP contribution in [0.25, 0.3) is 10.8 Å². The van der Waals surface area contributed by atoms with Gasteiger partial charge in [-0.2, -0.15) is 8.42 Å². The summed E-state index contributed by atoms with van der Waals surface area (Å²) in [6.45, 7) is 1.05. The lowest BCUT2D eigenvalue weighted by atomic mass is 10.0. The molecule has 0 aliphatic heterocycles. The zero-order valence-electron chi connectivity index (χ0n) is 16.2. The predicted molar refractivity (Wildman–Crippen MR) is 116 cm³/mol. The summed E-state index contributed by atoms with van der Waals surface area (Å²) in [4.78, 5) is -0.218. The maximum absolute atomic E-state index is 12.4. The van der Waals surface area contributed by atoms with Crippen molar-refractivity contribution in [3.05, 3.63) is 48.0 Å². The topological polar surface area (TPSA) is 176 Å². The maximum Gasteiger partial charge on any atom is 0.397 e. The standard InChI is InChI=1S/C19H20N2O8S2/c1-11-8-12-2-4-14(19(20)18(12)17(23)9-11)21-15-10-13(3-5-16(15)22)30(24,25)7-6-29-31(26,27)28/h2-5,8-10,21-23H,6-7,20H2,1H3,(H,26,27,28). The molecular formula is C19H20N2O8S2. The number of phenols is 2. The summed E-state index contributed by atoms with van der Waals surface area (Å²) in [5.41, 5.74) is 7.57. The van der Waals surface area contributed by atoms with Crippen LogP contribution in [0.2, 0.25) is 0 Å². The molecule has 3 aromatic rings. The van der Waals surface area contributed by atoms with Crippen LogP contribution in [0.1, 0.15) is 5.56 Å². The monoisotopic (exact) mass is 468 g/mol. The van der Waals surface area contributed by atoms with E-state index < -0.39 is 32.6 Å². The van der Waals surface area contributed by atoms with E-state index in [2.05, 4.69) is 9.50 Å². The normalized spacial score (nSPS) is 12.2. The predicted octanol–water partition coefficient (Wildman–Crippen LogP) is 2.48. The number of hydrogen-bond donors (Lipinski definition) is 5. The quantitative estimate of drug-likeness (QED) is 0.197. The van der Waals surface area contributed by atoms with Crippen LogP contribution in [0.15, 0.2) is 47.4 Å². The van der Waals surface area contributed by atoms with E-state index in [1.807, 2.05) is 13.0 Å². The van der Waals surface area contributed by atoms with E-state index in [1.165, 1.54) is 0 Å². The highest BCUT2D eigenvalue weighted by Gasteiger charge is 2.19. The number of nitrogen functional groups attached to an aromatic ring is 1. The van der Waals surface area contributed by atoms with Gasteiger partial charge in [-0.1, -0.05) is 12.1 Å². The second-order valence-electron chi connectivity index (χ2n) is 6.78. The van der Waals surface area contributed by atoms with Crippen molar-refractivity contribution in [3.63, 3.8) is 0 Å². The second kappa shape index (κ2) is 8.23. The van der Waals surface area contributed by atoms with E-state index in [-0.39, 0.29) is 27.8 Å². The Balaban J connectivity index is 1.93. The third-order valence-electron chi connectivity index (χ3n) is 4.46. The number of hydrogen-bond acceptors (Lipinski definition) is 9. The number of nitrogens with one attached hydrogen (secondary N) is 1. The molecule has 10 nitrogen and oxygen atoms in total. The number of aromatic hydroxyl groups is 2. The second-order valence-corrected chi connectivity index (χ2v) is 9.98. The van der Waals surface area contributed by atoms with Crippen LogP contribution in [0.5, 0.6) is 11.5 Å². The number of benzene rings is 3. The van der Waals surface area contributed by atoms with Gasteiger partial charge in [0.1, 0.15) is 11.5 Å². The van der Waals surface area contributed by atoms with Crippen LogP contribution >= 0.6 is 0 Å². The van der Waals surface area contributed by atoms with Gasteiger partial charge in [0, 0.05) is 5.39 Å². The minimum atomic E-state index is -4.76. The third kappa shape index (κ3) is 5.17. The molecule has 3 aromatic carbocycles. The van der Waals surface area contributed by atoms with Gasteiger partial charge in [0.2, 0.25) is 0 Å². The molecule has 0 unspecified atom stereocenters. The summed E-state index contributed by atoms with van der Waals surface area (Å²) in [7, 11) is -8.76. The first-order valence-corrected chi connectivity index (χ1v) is 11.9. The van der Waals surface area contributed by atoms with E-state index in [9.17, 15) is 27.0 Å². The summed E-state index contributed by atoms with van der Waals surface area (Å²) in [5.74, 6) is -1.00. The minimum absolute atomic E-state index is 0.0180. The molecule has 3 rings (SSSR count). The average molecular weight is 469 g/mol. The fraction of sp³-hybridized carbons (Fsp3) is 0.158. The molecule has 12 heteroatoms. The summed E-state index contributed by atoms with van der Waals surface area (Å²) in [6, 6.07) is 10.2. The molecule has 6 N–H and O–H groups in total.